The van der Waals surface area contributed by atoms with Gasteiger partial charge in [-0.15, -0.1) is 0 Å². The average Bonchev–Trinajstić information content (AvgIpc) is 2.56. The number of ether oxygens (including phenoxy) is 1. The van der Waals surface area contributed by atoms with Crippen LogP contribution in [0.3, 0.4) is 0 Å². The van der Waals surface area contributed by atoms with Crippen LogP contribution in [0.25, 0.3) is 10.8 Å². The minimum absolute atomic E-state index is 0.417. The molecule has 2 nitrogen and oxygen atoms in total. The van der Waals surface area contributed by atoms with Crippen molar-refractivity contribution < 1.29 is 4.74 Å². The molecule has 0 amide bonds. The Morgan fingerprint density at radius 2 is 2.00 bits per heavy atom. The van der Waals surface area contributed by atoms with E-state index >= 15 is 0 Å². The summed E-state index contributed by atoms with van der Waals surface area (Å²) in [7, 11) is 2.06. The fraction of sp³-hybridized carbons (Fsp3) is 0.474. The zero-order chi connectivity index (χ0) is 14.5. The maximum atomic E-state index is 5.85. The van der Waals surface area contributed by atoms with Crippen molar-refractivity contribution in [1.29, 1.82) is 0 Å². The van der Waals surface area contributed by atoms with Gasteiger partial charge in [0.1, 0.15) is 0 Å². The fourth-order valence-corrected chi connectivity index (χ4v) is 3.29. The van der Waals surface area contributed by atoms with E-state index in [1.54, 1.807) is 0 Å². The normalized spacial score (nSPS) is 20.5. The van der Waals surface area contributed by atoms with Crippen molar-refractivity contribution >= 4 is 10.8 Å². The highest BCUT2D eigenvalue weighted by Crippen LogP contribution is 2.26. The Kier molecular flexibility index (Phi) is 4.89. The first-order valence-electron chi connectivity index (χ1n) is 8.14. The molecule has 1 saturated heterocycles. The third-order valence-electron chi connectivity index (χ3n) is 4.58. The minimum atomic E-state index is 0.417. The molecule has 1 heterocycles. The number of nitrogens with one attached hydrogen (secondary N) is 1. The van der Waals surface area contributed by atoms with Crippen LogP contribution in [0.15, 0.2) is 42.5 Å². The lowest BCUT2D eigenvalue weighted by Gasteiger charge is -2.25. The number of rotatable bonds is 5. The summed E-state index contributed by atoms with van der Waals surface area (Å²) in [6.45, 7) is 0.949. The average molecular weight is 283 g/mol. The third-order valence-corrected chi connectivity index (χ3v) is 4.58. The maximum Gasteiger partial charge on any atom is 0.0575 e. The number of fused-ring (bicyclic) bond motifs is 1. The zero-order valence-electron chi connectivity index (χ0n) is 12.8. The molecule has 0 spiro atoms. The Labute approximate surface area is 127 Å². The number of benzene rings is 2. The summed E-state index contributed by atoms with van der Waals surface area (Å²) in [5, 5.41) is 6.10. The van der Waals surface area contributed by atoms with Crippen molar-refractivity contribution in [2.24, 2.45) is 0 Å². The molecule has 0 radical (unpaired) electrons. The van der Waals surface area contributed by atoms with E-state index in [9.17, 15) is 0 Å². The quantitative estimate of drug-likeness (QED) is 0.875. The van der Waals surface area contributed by atoms with E-state index < -0.39 is 0 Å². The summed E-state index contributed by atoms with van der Waals surface area (Å²) < 4.78 is 5.85. The smallest absolute Gasteiger partial charge is 0.0575 e. The summed E-state index contributed by atoms with van der Waals surface area (Å²) >= 11 is 0. The lowest BCUT2D eigenvalue weighted by Crippen LogP contribution is -2.23. The molecular formula is C19H25NO. The molecule has 2 aromatic rings. The van der Waals surface area contributed by atoms with Gasteiger partial charge in [0.05, 0.1) is 6.10 Å². The Morgan fingerprint density at radius 3 is 2.76 bits per heavy atom. The van der Waals surface area contributed by atoms with Crippen molar-refractivity contribution in [2.45, 2.75) is 44.2 Å². The molecule has 2 atom stereocenters. The van der Waals surface area contributed by atoms with Crippen molar-refractivity contribution in [3.05, 3.63) is 48.0 Å². The second-order valence-corrected chi connectivity index (χ2v) is 6.01. The second-order valence-electron chi connectivity index (χ2n) is 6.01. The minimum Gasteiger partial charge on any atom is -0.378 e. The molecule has 1 fully saturated rings. The summed E-state index contributed by atoms with van der Waals surface area (Å²) in [6, 6.07) is 15.8. The summed E-state index contributed by atoms with van der Waals surface area (Å²) in [5.74, 6) is 0. The molecule has 112 valence electrons. The third kappa shape index (κ3) is 3.63. The summed E-state index contributed by atoms with van der Waals surface area (Å²) in [4.78, 5) is 0. The molecule has 3 rings (SSSR count). The van der Waals surface area contributed by atoms with Gasteiger partial charge < -0.3 is 10.1 Å². The monoisotopic (exact) mass is 283 g/mol. The zero-order valence-corrected chi connectivity index (χ0v) is 12.8. The van der Waals surface area contributed by atoms with E-state index in [0.717, 1.165) is 19.4 Å². The van der Waals surface area contributed by atoms with Gasteiger partial charge in [-0.05, 0) is 61.6 Å². The van der Waals surface area contributed by atoms with E-state index in [-0.39, 0.29) is 0 Å². The summed E-state index contributed by atoms with van der Waals surface area (Å²) in [5.41, 5.74) is 1.38. The van der Waals surface area contributed by atoms with Crippen molar-refractivity contribution in [1.82, 2.24) is 5.32 Å². The SMILES string of the molecule is CNC(CCC1CCCCO1)c1ccc2ccccc2c1. The molecule has 1 aliphatic rings. The first kappa shape index (κ1) is 14.6. The second kappa shape index (κ2) is 7.06. The molecule has 0 aromatic heterocycles. The van der Waals surface area contributed by atoms with Crippen molar-refractivity contribution in [3.63, 3.8) is 0 Å². The van der Waals surface area contributed by atoms with Crippen LogP contribution in [0.2, 0.25) is 0 Å². The maximum absolute atomic E-state index is 5.85. The van der Waals surface area contributed by atoms with Crippen molar-refractivity contribution in [3.8, 4) is 0 Å². The Morgan fingerprint density at radius 1 is 1.14 bits per heavy atom. The van der Waals surface area contributed by atoms with Gasteiger partial charge in [0, 0.05) is 12.6 Å². The van der Waals surface area contributed by atoms with Gasteiger partial charge in [-0.1, -0.05) is 36.4 Å². The Balaban J connectivity index is 1.68. The van der Waals surface area contributed by atoms with Gasteiger partial charge in [0.25, 0.3) is 0 Å². The van der Waals surface area contributed by atoms with Crippen LogP contribution in [0.1, 0.15) is 43.7 Å². The predicted octanol–water partition coefficient (Wildman–Crippen LogP) is 4.45. The molecule has 1 N–H and O–H groups in total. The highest BCUT2D eigenvalue weighted by molar-refractivity contribution is 5.83. The largest absolute Gasteiger partial charge is 0.378 e. The van der Waals surface area contributed by atoms with Gasteiger partial charge in [0.2, 0.25) is 0 Å². The van der Waals surface area contributed by atoms with Crippen LogP contribution >= 0.6 is 0 Å². The molecule has 0 saturated carbocycles. The van der Waals surface area contributed by atoms with Crippen LogP contribution in [0, 0.1) is 0 Å². The Hall–Kier alpha value is -1.38. The first-order chi connectivity index (χ1) is 10.4. The lowest BCUT2D eigenvalue weighted by molar-refractivity contribution is 0.00866. The Bertz CT molecular complexity index is 575. The number of hydrogen-bond acceptors (Lipinski definition) is 2. The fourth-order valence-electron chi connectivity index (χ4n) is 3.29. The molecule has 2 aromatic carbocycles. The van der Waals surface area contributed by atoms with E-state index in [4.69, 9.17) is 4.74 Å². The highest BCUT2D eigenvalue weighted by Gasteiger charge is 2.17. The molecule has 21 heavy (non-hydrogen) atoms. The molecule has 2 unspecified atom stereocenters. The van der Waals surface area contributed by atoms with E-state index in [2.05, 4.69) is 54.8 Å². The van der Waals surface area contributed by atoms with Gasteiger partial charge in [0.15, 0.2) is 0 Å². The van der Waals surface area contributed by atoms with Crippen LogP contribution < -0.4 is 5.32 Å². The van der Waals surface area contributed by atoms with Gasteiger partial charge in [-0.25, -0.2) is 0 Å². The van der Waals surface area contributed by atoms with Gasteiger partial charge >= 0.3 is 0 Å². The van der Waals surface area contributed by atoms with E-state index in [0.29, 0.717) is 12.1 Å². The summed E-state index contributed by atoms with van der Waals surface area (Å²) in [6.07, 6.45) is 6.54. The standard InChI is InChI=1S/C19H25NO/c1-20-19(12-11-18-8-4-5-13-21-18)17-10-9-15-6-2-3-7-16(15)14-17/h2-3,6-7,9-10,14,18-20H,4-5,8,11-13H2,1H3. The van der Waals surface area contributed by atoms with Crippen LogP contribution in [-0.2, 0) is 4.74 Å². The predicted molar refractivity (Wildman–Crippen MR) is 88.6 cm³/mol. The lowest BCUT2D eigenvalue weighted by atomic mass is 9.95. The van der Waals surface area contributed by atoms with Gasteiger partial charge in [-0.3, -0.25) is 0 Å². The molecule has 0 bridgehead atoms. The van der Waals surface area contributed by atoms with E-state index in [1.165, 1.54) is 35.6 Å². The van der Waals surface area contributed by atoms with Crippen LogP contribution in [0.4, 0.5) is 0 Å². The van der Waals surface area contributed by atoms with E-state index in [1.807, 2.05) is 0 Å². The molecule has 2 heteroatoms. The topological polar surface area (TPSA) is 21.3 Å². The molecule has 1 aliphatic heterocycles. The van der Waals surface area contributed by atoms with Gasteiger partial charge in [-0.2, -0.15) is 0 Å². The number of hydrogen-bond donors (Lipinski definition) is 1. The van der Waals surface area contributed by atoms with Crippen molar-refractivity contribution in [2.75, 3.05) is 13.7 Å². The van der Waals surface area contributed by atoms with Crippen LogP contribution in [0.5, 0.6) is 0 Å². The highest BCUT2D eigenvalue weighted by atomic mass is 16.5. The molecular weight excluding hydrogens is 258 g/mol. The molecule has 0 aliphatic carbocycles. The van der Waals surface area contributed by atoms with Crippen LogP contribution in [-0.4, -0.2) is 19.8 Å². The first-order valence-corrected chi connectivity index (χ1v) is 8.14.